The number of carboxylic acid groups (broad SMARTS) is 1. The van der Waals surface area contributed by atoms with Crippen LogP contribution in [0.5, 0.6) is 0 Å². The lowest BCUT2D eigenvalue weighted by Gasteiger charge is -2.27. The van der Waals surface area contributed by atoms with E-state index in [-0.39, 0.29) is 16.7 Å². The van der Waals surface area contributed by atoms with Gasteiger partial charge in [-0.15, -0.1) is 0 Å². The normalized spacial score (nSPS) is 43.3. The van der Waals surface area contributed by atoms with Gasteiger partial charge in [0.25, 0.3) is 0 Å². The van der Waals surface area contributed by atoms with Gasteiger partial charge in [-0.2, -0.15) is 0 Å². The molecule has 2 saturated carbocycles. The van der Waals surface area contributed by atoms with E-state index >= 15 is 0 Å². The van der Waals surface area contributed by atoms with Crippen LogP contribution in [0, 0.1) is 16.7 Å². The molecule has 0 aliphatic heterocycles. The van der Waals surface area contributed by atoms with Crippen LogP contribution in [0.2, 0.25) is 0 Å². The Labute approximate surface area is 73.0 Å². The number of hydrogen-bond donors (Lipinski definition) is 1. The lowest BCUT2D eigenvalue weighted by Crippen LogP contribution is -2.23. The van der Waals surface area contributed by atoms with Gasteiger partial charge < -0.3 is 5.11 Å². The molecule has 0 saturated heterocycles. The van der Waals surface area contributed by atoms with Crippen molar-refractivity contribution in [2.24, 2.45) is 16.7 Å². The molecule has 2 aliphatic rings. The largest absolute Gasteiger partial charge is 0.481 e. The molecule has 12 heavy (non-hydrogen) atoms. The molecule has 0 bridgehead atoms. The molecular weight excluding hydrogens is 152 g/mol. The summed E-state index contributed by atoms with van der Waals surface area (Å²) >= 11 is 0. The Bertz CT molecular complexity index is 232. The second kappa shape index (κ2) is 2.04. The summed E-state index contributed by atoms with van der Waals surface area (Å²) in [6.45, 7) is 4.45. The van der Waals surface area contributed by atoms with Crippen LogP contribution in [0.3, 0.4) is 0 Å². The highest BCUT2D eigenvalue weighted by molar-refractivity contribution is 5.75. The quantitative estimate of drug-likeness (QED) is 0.652. The molecule has 0 radical (unpaired) electrons. The third-order valence-electron chi connectivity index (χ3n) is 4.15. The molecule has 1 spiro atoms. The van der Waals surface area contributed by atoms with E-state index in [9.17, 15) is 4.79 Å². The van der Waals surface area contributed by atoms with Crippen molar-refractivity contribution in [2.75, 3.05) is 0 Å². The zero-order chi connectivity index (χ0) is 8.98. The molecule has 0 aromatic carbocycles. The second-order valence-corrected chi connectivity index (χ2v) is 4.99. The van der Waals surface area contributed by atoms with Crippen molar-refractivity contribution >= 4 is 5.97 Å². The molecule has 2 nitrogen and oxygen atoms in total. The minimum Gasteiger partial charge on any atom is -0.481 e. The first-order chi connectivity index (χ1) is 5.50. The lowest BCUT2D eigenvalue weighted by molar-refractivity contribution is -0.140. The fourth-order valence-electron chi connectivity index (χ4n) is 3.09. The maximum absolute atomic E-state index is 10.8. The van der Waals surface area contributed by atoms with Crippen LogP contribution in [0.4, 0.5) is 0 Å². The molecular formula is C10H16O2. The summed E-state index contributed by atoms with van der Waals surface area (Å²) in [5.41, 5.74) is 0.453. The predicted molar refractivity (Wildman–Crippen MR) is 45.8 cm³/mol. The highest BCUT2D eigenvalue weighted by Gasteiger charge is 2.67. The fraction of sp³-hybridized carbons (Fsp3) is 0.900. The maximum atomic E-state index is 10.8. The van der Waals surface area contributed by atoms with Crippen LogP contribution >= 0.6 is 0 Å². The zero-order valence-corrected chi connectivity index (χ0v) is 7.76. The third-order valence-corrected chi connectivity index (χ3v) is 4.15. The Hall–Kier alpha value is -0.530. The molecule has 0 aromatic rings. The number of carbonyl (C=O) groups is 1. The van der Waals surface area contributed by atoms with Gasteiger partial charge in [0.05, 0.1) is 5.92 Å². The predicted octanol–water partition coefficient (Wildman–Crippen LogP) is 2.29. The molecule has 2 unspecified atom stereocenters. The number of hydrogen-bond acceptors (Lipinski definition) is 1. The van der Waals surface area contributed by atoms with Crippen molar-refractivity contribution in [1.82, 2.24) is 0 Å². The average molecular weight is 168 g/mol. The first-order valence-electron chi connectivity index (χ1n) is 4.72. The van der Waals surface area contributed by atoms with E-state index in [2.05, 4.69) is 13.8 Å². The minimum absolute atomic E-state index is 0.0324. The van der Waals surface area contributed by atoms with Gasteiger partial charge in [-0.3, -0.25) is 4.79 Å². The molecule has 2 aliphatic carbocycles. The Morgan fingerprint density at radius 1 is 1.42 bits per heavy atom. The first kappa shape index (κ1) is 8.09. The van der Waals surface area contributed by atoms with Gasteiger partial charge in [-0.1, -0.05) is 20.3 Å². The van der Waals surface area contributed by atoms with Crippen molar-refractivity contribution < 1.29 is 9.90 Å². The highest BCUT2D eigenvalue weighted by atomic mass is 16.4. The Kier molecular flexibility index (Phi) is 1.37. The SMILES string of the molecule is CC1(C)CCCC12CC2C(=O)O. The van der Waals surface area contributed by atoms with Gasteiger partial charge in [-0.25, -0.2) is 0 Å². The van der Waals surface area contributed by atoms with E-state index in [1.165, 1.54) is 12.8 Å². The molecule has 2 heteroatoms. The topological polar surface area (TPSA) is 37.3 Å². The summed E-state index contributed by atoms with van der Waals surface area (Å²) in [5, 5.41) is 8.91. The molecule has 0 heterocycles. The molecule has 2 fully saturated rings. The van der Waals surface area contributed by atoms with Crippen molar-refractivity contribution in [3.63, 3.8) is 0 Å². The Morgan fingerprint density at radius 3 is 2.42 bits per heavy atom. The fourth-order valence-corrected chi connectivity index (χ4v) is 3.09. The molecule has 1 N–H and O–H groups in total. The van der Waals surface area contributed by atoms with Crippen molar-refractivity contribution in [2.45, 2.75) is 39.5 Å². The molecule has 68 valence electrons. The summed E-state index contributed by atoms with van der Waals surface area (Å²) in [4.78, 5) is 10.8. The summed E-state index contributed by atoms with van der Waals surface area (Å²) in [7, 11) is 0. The van der Waals surface area contributed by atoms with Crippen molar-refractivity contribution in [3.05, 3.63) is 0 Å². The van der Waals surface area contributed by atoms with Crippen LogP contribution in [0.15, 0.2) is 0 Å². The van der Waals surface area contributed by atoms with E-state index in [4.69, 9.17) is 5.11 Å². The van der Waals surface area contributed by atoms with Crippen LogP contribution in [0.25, 0.3) is 0 Å². The zero-order valence-electron chi connectivity index (χ0n) is 7.76. The Balaban J connectivity index is 2.20. The van der Waals surface area contributed by atoms with Crippen LogP contribution < -0.4 is 0 Å². The molecule has 0 amide bonds. The molecule has 2 atom stereocenters. The number of rotatable bonds is 1. The monoisotopic (exact) mass is 168 g/mol. The maximum Gasteiger partial charge on any atom is 0.307 e. The van der Waals surface area contributed by atoms with E-state index < -0.39 is 5.97 Å². The summed E-state index contributed by atoms with van der Waals surface area (Å²) in [6.07, 6.45) is 4.49. The van der Waals surface area contributed by atoms with Crippen molar-refractivity contribution in [3.8, 4) is 0 Å². The number of aliphatic carboxylic acids is 1. The summed E-state index contributed by atoms with van der Waals surface area (Å²) in [6, 6.07) is 0. The van der Waals surface area contributed by atoms with E-state index in [0.29, 0.717) is 0 Å². The van der Waals surface area contributed by atoms with Crippen LogP contribution in [0.1, 0.15) is 39.5 Å². The highest BCUT2D eigenvalue weighted by Crippen LogP contribution is 2.71. The van der Waals surface area contributed by atoms with E-state index in [0.717, 1.165) is 12.8 Å². The summed E-state index contributed by atoms with van der Waals surface area (Å²) < 4.78 is 0. The van der Waals surface area contributed by atoms with Gasteiger partial charge in [0.2, 0.25) is 0 Å². The molecule has 0 aromatic heterocycles. The van der Waals surface area contributed by atoms with Gasteiger partial charge in [-0.05, 0) is 30.1 Å². The van der Waals surface area contributed by atoms with E-state index in [1.807, 2.05) is 0 Å². The Morgan fingerprint density at radius 2 is 2.08 bits per heavy atom. The second-order valence-electron chi connectivity index (χ2n) is 4.99. The van der Waals surface area contributed by atoms with Gasteiger partial charge in [0, 0.05) is 0 Å². The van der Waals surface area contributed by atoms with E-state index in [1.54, 1.807) is 0 Å². The van der Waals surface area contributed by atoms with Gasteiger partial charge >= 0.3 is 5.97 Å². The van der Waals surface area contributed by atoms with Crippen LogP contribution in [-0.4, -0.2) is 11.1 Å². The third kappa shape index (κ3) is 0.782. The number of carboxylic acids is 1. The minimum atomic E-state index is -0.579. The smallest absolute Gasteiger partial charge is 0.307 e. The lowest BCUT2D eigenvalue weighted by atomic mass is 9.77. The first-order valence-corrected chi connectivity index (χ1v) is 4.72. The standard InChI is InChI=1S/C10H16O2/c1-9(2)4-3-5-10(9)6-7(10)8(11)12/h7H,3-6H2,1-2H3,(H,11,12). The summed E-state index contributed by atoms with van der Waals surface area (Å²) in [5.74, 6) is -0.611. The molecule has 2 rings (SSSR count). The van der Waals surface area contributed by atoms with Crippen molar-refractivity contribution in [1.29, 1.82) is 0 Å². The van der Waals surface area contributed by atoms with Gasteiger partial charge in [0.15, 0.2) is 0 Å². The van der Waals surface area contributed by atoms with Gasteiger partial charge in [0.1, 0.15) is 0 Å². The average Bonchev–Trinajstić information content (AvgIpc) is 2.56. The van der Waals surface area contributed by atoms with Crippen LogP contribution in [-0.2, 0) is 4.79 Å².